The van der Waals surface area contributed by atoms with Crippen LogP contribution in [0.3, 0.4) is 0 Å². The third-order valence-corrected chi connectivity index (χ3v) is 17.0. The second-order valence-electron chi connectivity index (χ2n) is 19.7. The van der Waals surface area contributed by atoms with Gasteiger partial charge in [-0.2, -0.15) is 21.6 Å². The molecule has 0 aliphatic carbocycles. The highest BCUT2D eigenvalue weighted by atomic mass is 35.5. The minimum absolute atomic E-state index is 0.0362. The Balaban J connectivity index is 2.26. The normalized spacial score (nSPS) is 14.1. The minimum atomic E-state index is -6.11. The van der Waals surface area contributed by atoms with Crippen molar-refractivity contribution < 1.29 is 50.3 Å². The zero-order valence-electron chi connectivity index (χ0n) is 46.6. The molecule has 0 heterocycles. The van der Waals surface area contributed by atoms with E-state index in [1.165, 1.54) is 107 Å². The molecule has 21 heteroatoms. The zero-order chi connectivity index (χ0) is 60.4. The number of likely N-dealkylation sites (N-methyl/N-ethyl adjacent to an activating group) is 1. The summed E-state index contributed by atoms with van der Waals surface area (Å²) in [7, 11) is -2.10. The number of carbonyl (C=O) groups is 5. The molecular weight excluding hydrogens is 1130 g/mol. The van der Waals surface area contributed by atoms with Crippen LogP contribution in [0.2, 0.25) is 0 Å². The number of halogens is 6. The molecule has 0 aromatic heterocycles. The summed E-state index contributed by atoms with van der Waals surface area (Å²) in [5.74, 6) is -6.27. The van der Waals surface area contributed by atoms with Crippen molar-refractivity contribution in [2.75, 3.05) is 60.9 Å². The summed E-state index contributed by atoms with van der Waals surface area (Å²) < 4.78 is 75.2. The number of aryl methyl sites for hydroxylation is 4. The third-order valence-electron chi connectivity index (χ3n) is 14.0. The molecule has 0 saturated heterocycles. The van der Waals surface area contributed by atoms with Crippen LogP contribution in [0.4, 0.5) is 35.9 Å². The Bertz CT molecular complexity index is 3140. The molecule has 5 rings (SSSR count). The number of anilines is 4. The number of nitrogens with one attached hydrogen (secondary N) is 2. The van der Waals surface area contributed by atoms with E-state index in [0.717, 1.165) is 20.8 Å². The molecule has 5 amide bonds. The van der Waals surface area contributed by atoms with E-state index in [4.69, 9.17) is 39.5 Å². The second-order valence-corrected chi connectivity index (χ2v) is 22.8. The molecule has 4 atom stereocenters. The van der Waals surface area contributed by atoms with Gasteiger partial charge in [0.05, 0.1) is 11.4 Å². The summed E-state index contributed by atoms with van der Waals surface area (Å²) in [5.41, 5.74) is -11.9. The Kier molecular flexibility index (Phi) is 21.6. The number of ether oxygens (including phenoxy) is 1. The SMILES string of the molecule is C=CCN(CC=C)C(=O)C(Cl)C(C(=O)Nc1cc(NS(=O)(=O)C(F)(F)F)c(C)cc1C)(C(C(=O)N(C)C)(c1ccccc1)c1ccccc1)C(Cl)(C(=O)N(c1ccccc1)C(C)C)C(Cl)C(=O)N(COC)c1c(CC)cccc1CC. The lowest BCUT2D eigenvalue weighted by Gasteiger charge is -2.59. The maximum Gasteiger partial charge on any atom is 0.516 e. The predicted octanol–water partition coefficient (Wildman–Crippen LogP) is 11.2. The van der Waals surface area contributed by atoms with Crippen LogP contribution in [0, 0.1) is 19.3 Å². The van der Waals surface area contributed by atoms with Crippen molar-refractivity contribution in [3.05, 3.63) is 180 Å². The fourth-order valence-electron chi connectivity index (χ4n) is 10.4. The topological polar surface area (TPSA) is 166 Å². The van der Waals surface area contributed by atoms with Crippen LogP contribution >= 0.6 is 34.8 Å². The maximum absolute atomic E-state index is 17.6. The summed E-state index contributed by atoms with van der Waals surface area (Å²) in [6, 6.07) is 29.6. The van der Waals surface area contributed by atoms with Crippen molar-refractivity contribution in [2.45, 2.75) is 87.0 Å². The fraction of sp³-hybridized carbons (Fsp3) is 0.350. The van der Waals surface area contributed by atoms with E-state index in [1.54, 1.807) is 79.2 Å². The van der Waals surface area contributed by atoms with Crippen LogP contribution in [0.15, 0.2) is 147 Å². The molecule has 2 N–H and O–H groups in total. The first-order chi connectivity index (χ1) is 38.2. The lowest BCUT2D eigenvalue weighted by Crippen LogP contribution is -2.80. The number of nitrogens with zero attached hydrogens (tertiary/aromatic N) is 4. The molecule has 81 heavy (non-hydrogen) atoms. The molecule has 0 fully saturated rings. The molecule has 5 aromatic rings. The van der Waals surface area contributed by atoms with E-state index in [2.05, 4.69) is 18.5 Å². The van der Waals surface area contributed by atoms with Crippen molar-refractivity contribution in [1.82, 2.24) is 9.80 Å². The number of methoxy groups -OCH3 is 1. The lowest BCUT2D eigenvalue weighted by molar-refractivity contribution is -0.156. The molecule has 5 aromatic carbocycles. The number of benzene rings is 5. The van der Waals surface area contributed by atoms with Gasteiger partial charge in [0.2, 0.25) is 23.6 Å². The Morgan fingerprint density at radius 2 is 1.19 bits per heavy atom. The molecule has 0 aliphatic rings. The van der Waals surface area contributed by atoms with Crippen LogP contribution in [0.5, 0.6) is 0 Å². The Morgan fingerprint density at radius 3 is 1.62 bits per heavy atom. The van der Waals surface area contributed by atoms with Gasteiger partial charge in [-0.1, -0.05) is 129 Å². The van der Waals surface area contributed by atoms with Crippen molar-refractivity contribution >= 4 is 97.1 Å². The Labute approximate surface area is 487 Å². The van der Waals surface area contributed by atoms with E-state index in [-0.39, 0.29) is 41.0 Å². The number of hydrogen-bond donors (Lipinski definition) is 2. The van der Waals surface area contributed by atoms with Crippen LogP contribution in [-0.2, 0) is 57.0 Å². The molecule has 434 valence electrons. The second kappa shape index (κ2) is 26.9. The van der Waals surface area contributed by atoms with Crippen LogP contribution in [-0.4, -0.2) is 116 Å². The molecule has 4 unspecified atom stereocenters. The monoisotopic (exact) mass is 1190 g/mol. The number of carbonyl (C=O) groups excluding carboxylic acids is 5. The Morgan fingerprint density at radius 1 is 0.704 bits per heavy atom. The first kappa shape index (κ1) is 65.1. The molecule has 14 nitrogen and oxygen atoms in total. The van der Waals surface area contributed by atoms with E-state index < -0.39 is 95.7 Å². The van der Waals surface area contributed by atoms with Crippen LogP contribution in [0.1, 0.15) is 61.1 Å². The highest BCUT2D eigenvalue weighted by molar-refractivity contribution is 7.93. The summed E-state index contributed by atoms with van der Waals surface area (Å²) in [5, 5.41) is -2.50. The van der Waals surface area contributed by atoms with Gasteiger partial charge in [0.25, 0.3) is 5.91 Å². The van der Waals surface area contributed by atoms with E-state index >= 15 is 24.0 Å². The molecular formula is C60H68Cl3F3N6O8S. The number of para-hydroxylation sites is 2. The van der Waals surface area contributed by atoms with Gasteiger partial charge in [-0.25, -0.2) is 0 Å². The number of alkyl halides is 6. The number of amides is 5. The largest absolute Gasteiger partial charge is 0.516 e. The number of hydrogen-bond acceptors (Lipinski definition) is 8. The highest BCUT2D eigenvalue weighted by Crippen LogP contribution is 2.63. The maximum atomic E-state index is 17.6. The van der Waals surface area contributed by atoms with E-state index in [1.807, 2.05) is 13.8 Å². The predicted molar refractivity (Wildman–Crippen MR) is 316 cm³/mol. The summed E-state index contributed by atoms with van der Waals surface area (Å²) in [6.45, 7) is 16.2. The summed E-state index contributed by atoms with van der Waals surface area (Å²) >= 11 is 24.9. The third kappa shape index (κ3) is 12.3. The van der Waals surface area contributed by atoms with Gasteiger partial charge in [-0.15, -0.1) is 48.0 Å². The van der Waals surface area contributed by atoms with E-state index in [0.29, 0.717) is 29.7 Å². The zero-order valence-corrected chi connectivity index (χ0v) is 49.7. The average Bonchev–Trinajstić information content (AvgIpc) is 3.47. The molecule has 0 spiro atoms. The molecule has 0 bridgehead atoms. The lowest BCUT2D eigenvalue weighted by atomic mass is 9.47. The quantitative estimate of drug-likeness (QED) is 0.0331. The van der Waals surface area contributed by atoms with Gasteiger partial charge in [-0.3, -0.25) is 33.6 Å². The highest BCUT2D eigenvalue weighted by Gasteiger charge is 2.81. The van der Waals surface area contributed by atoms with Crippen LogP contribution < -0.4 is 19.8 Å². The van der Waals surface area contributed by atoms with Crippen molar-refractivity contribution in [3.8, 4) is 0 Å². The molecule has 0 saturated carbocycles. The van der Waals surface area contributed by atoms with Gasteiger partial charge < -0.3 is 24.8 Å². The minimum Gasteiger partial charge on any atom is -0.364 e. The van der Waals surface area contributed by atoms with Gasteiger partial charge >= 0.3 is 15.5 Å². The van der Waals surface area contributed by atoms with Crippen molar-refractivity contribution in [2.24, 2.45) is 5.41 Å². The summed E-state index contributed by atoms with van der Waals surface area (Å²) in [6.07, 6.45) is 3.41. The first-order valence-electron chi connectivity index (χ1n) is 25.8. The van der Waals surface area contributed by atoms with Crippen LogP contribution in [0.25, 0.3) is 0 Å². The first-order valence-corrected chi connectivity index (χ1v) is 28.5. The standard InChI is InChI=1S/C60H68Cl3F3N6O8S/c1-12-34-70(35-13-2)52(73)50(61)58(54(75)67-47-37-48(41(8)36-40(47)7)68-81(78,79)60(64,65)66,57(55(76)69(9)10,44-28-19-16-20-29-44)45-30-21-17-22-31-45)59(63,56(77)72(39(5)6)46-32-23-18-24-33-46)51(62)53(74)71(38-80-11)49-42(14-3)26-25-27-43(49)15-4/h12-13,16-33,36-37,39,50-51,68H,1-2,14-15,34-35,38H2,3-11H3,(H,67,75). The average molecular weight is 1200 g/mol. The van der Waals surface area contributed by atoms with Gasteiger partial charge in [0.15, 0.2) is 4.87 Å². The van der Waals surface area contributed by atoms with Gasteiger partial charge in [0, 0.05) is 51.7 Å². The smallest absolute Gasteiger partial charge is 0.364 e. The van der Waals surface area contributed by atoms with Gasteiger partial charge in [-0.05, 0) is 92.1 Å². The fourth-order valence-corrected chi connectivity index (χ4v) is 12.6. The van der Waals surface area contributed by atoms with E-state index in [9.17, 15) is 21.6 Å². The molecule has 0 aliphatic heterocycles. The van der Waals surface area contributed by atoms with Crippen molar-refractivity contribution in [1.29, 1.82) is 0 Å². The number of sulfonamides is 1. The Hall–Kier alpha value is -6.70. The summed E-state index contributed by atoms with van der Waals surface area (Å²) in [4.78, 5) is 85.7. The molecule has 0 radical (unpaired) electrons. The van der Waals surface area contributed by atoms with Gasteiger partial charge in [0.1, 0.15) is 28.3 Å². The van der Waals surface area contributed by atoms with Crippen molar-refractivity contribution in [3.63, 3.8) is 0 Å². The number of rotatable bonds is 25.